The third-order valence-electron chi connectivity index (χ3n) is 5.86. The molecule has 2 heterocycles. The van der Waals surface area contributed by atoms with Crippen LogP contribution < -0.4 is 10.5 Å². The van der Waals surface area contributed by atoms with Crippen LogP contribution in [0, 0.1) is 23.2 Å². The summed E-state index contributed by atoms with van der Waals surface area (Å²) < 4.78 is 5.75. The highest BCUT2D eigenvalue weighted by Gasteiger charge is 2.47. The number of likely N-dealkylation sites (tertiary alicyclic amines) is 1. The summed E-state index contributed by atoms with van der Waals surface area (Å²) in [6.07, 6.45) is 2.40. The second kappa shape index (κ2) is 9.65. The zero-order chi connectivity index (χ0) is 20.8. The highest BCUT2D eigenvalue weighted by molar-refractivity contribution is 5.66. The lowest BCUT2D eigenvalue weighted by molar-refractivity contribution is 0.0189. The molecule has 2 saturated heterocycles. The number of nitriles is 1. The van der Waals surface area contributed by atoms with E-state index in [1.54, 1.807) is 36.1 Å². The van der Waals surface area contributed by atoms with Gasteiger partial charge >= 0.3 is 6.09 Å². The van der Waals surface area contributed by atoms with E-state index >= 15 is 0 Å². The highest BCUT2D eigenvalue weighted by Crippen LogP contribution is 2.35. The maximum atomic E-state index is 11.7. The molecule has 2 aliphatic rings. The molecule has 4 atom stereocenters. The van der Waals surface area contributed by atoms with Gasteiger partial charge in [0, 0.05) is 37.6 Å². The number of rotatable bonds is 7. The number of hydrogen-bond acceptors (Lipinski definition) is 5. The van der Waals surface area contributed by atoms with Crippen LogP contribution in [0.2, 0.25) is 0 Å². The summed E-state index contributed by atoms with van der Waals surface area (Å²) in [5.41, 5.74) is 6.99. The van der Waals surface area contributed by atoms with Crippen molar-refractivity contribution in [2.45, 2.75) is 56.8 Å². The normalized spacial score (nSPS) is 24.3. The summed E-state index contributed by atoms with van der Waals surface area (Å²) >= 11 is 0. The van der Waals surface area contributed by atoms with Gasteiger partial charge in [0.05, 0.1) is 24.3 Å². The van der Waals surface area contributed by atoms with E-state index < -0.39 is 6.09 Å². The molecule has 7 nitrogen and oxygen atoms in total. The number of fused-ring (bicyclic) bond motifs is 2. The number of piperazine rings is 1. The van der Waals surface area contributed by atoms with Gasteiger partial charge in [-0.2, -0.15) is 5.26 Å². The Kier molecular flexibility index (Phi) is 6.98. The zero-order valence-electron chi connectivity index (χ0n) is 16.8. The molecule has 0 radical (unpaired) electrons. The maximum absolute atomic E-state index is 11.7. The largest absolute Gasteiger partial charge is 0.494 e. The third-order valence-corrected chi connectivity index (χ3v) is 5.86. The minimum absolute atomic E-state index is 0.0502. The van der Waals surface area contributed by atoms with Crippen LogP contribution in [0.4, 0.5) is 4.79 Å². The van der Waals surface area contributed by atoms with Crippen molar-refractivity contribution in [2.24, 2.45) is 5.73 Å². The lowest BCUT2D eigenvalue weighted by Gasteiger charge is -2.46. The van der Waals surface area contributed by atoms with Crippen LogP contribution in [0.15, 0.2) is 24.3 Å². The predicted molar refractivity (Wildman–Crippen MR) is 109 cm³/mol. The van der Waals surface area contributed by atoms with Crippen molar-refractivity contribution in [2.75, 3.05) is 19.7 Å². The fourth-order valence-electron chi connectivity index (χ4n) is 4.42. The van der Waals surface area contributed by atoms with Crippen LogP contribution in [-0.4, -0.2) is 64.9 Å². The van der Waals surface area contributed by atoms with Crippen molar-refractivity contribution in [1.29, 1.82) is 5.26 Å². The lowest BCUT2D eigenvalue weighted by Crippen LogP contribution is -2.62. The Balaban J connectivity index is 1.54. The van der Waals surface area contributed by atoms with E-state index in [9.17, 15) is 9.90 Å². The first kappa shape index (κ1) is 21.0. The molecule has 2 bridgehead atoms. The van der Waals surface area contributed by atoms with Crippen molar-refractivity contribution in [1.82, 2.24) is 9.80 Å². The zero-order valence-corrected chi connectivity index (χ0v) is 16.8. The maximum Gasteiger partial charge on any atom is 0.407 e. The Bertz CT molecular complexity index is 808. The topological polar surface area (TPSA) is 103 Å². The number of carboxylic acid groups (broad SMARTS) is 1. The molecule has 0 saturated carbocycles. The van der Waals surface area contributed by atoms with Crippen LogP contribution in [0.25, 0.3) is 0 Å². The van der Waals surface area contributed by atoms with Gasteiger partial charge in [-0.1, -0.05) is 0 Å². The molecule has 1 amide bonds. The number of carbonyl (C=O) groups is 1. The Morgan fingerprint density at radius 3 is 2.79 bits per heavy atom. The molecule has 3 N–H and O–H groups in total. The van der Waals surface area contributed by atoms with E-state index in [4.69, 9.17) is 15.7 Å². The van der Waals surface area contributed by atoms with Crippen molar-refractivity contribution in [3.63, 3.8) is 0 Å². The number of nitrogens with two attached hydrogens (primary N) is 1. The molecule has 7 heteroatoms. The van der Waals surface area contributed by atoms with Crippen molar-refractivity contribution >= 4 is 6.09 Å². The molecule has 0 spiro atoms. The monoisotopic (exact) mass is 396 g/mol. The Morgan fingerprint density at radius 1 is 1.38 bits per heavy atom. The molecule has 1 aromatic rings. The second-order valence-electron chi connectivity index (χ2n) is 7.66. The van der Waals surface area contributed by atoms with Gasteiger partial charge in [-0.25, -0.2) is 4.79 Å². The Morgan fingerprint density at radius 2 is 2.14 bits per heavy atom. The van der Waals surface area contributed by atoms with E-state index in [0.717, 1.165) is 25.1 Å². The first-order valence-electron chi connectivity index (χ1n) is 10.1. The average Bonchev–Trinajstić information content (AvgIpc) is 2.99. The molecule has 0 aliphatic carbocycles. The number of ether oxygens (including phenoxy) is 1. The molecule has 2 aliphatic heterocycles. The number of nitrogens with zero attached hydrogens (tertiary/aromatic N) is 3. The van der Waals surface area contributed by atoms with E-state index in [2.05, 4.69) is 22.8 Å². The summed E-state index contributed by atoms with van der Waals surface area (Å²) in [5.74, 6) is 6.69. The minimum Gasteiger partial charge on any atom is -0.494 e. The van der Waals surface area contributed by atoms with Gasteiger partial charge in [0.2, 0.25) is 0 Å². The molecular weight excluding hydrogens is 368 g/mol. The van der Waals surface area contributed by atoms with Gasteiger partial charge in [0.15, 0.2) is 0 Å². The number of benzene rings is 1. The quantitative estimate of drug-likeness (QED) is 0.686. The summed E-state index contributed by atoms with van der Waals surface area (Å²) in [4.78, 5) is 15.7. The standard InChI is InChI=1S/C22H28N4O3/c1-2-3-4-20-21-10-7-18(15-26(20)22(27)28)25(21)14-17(24)11-12-29-19-8-5-16(13-23)6-9-19/h5-6,8-9,17-18,20-21H,4,7,10-12,14-15,24H2,1H3,(H,27,28). The molecular formula is C22H28N4O3. The lowest BCUT2D eigenvalue weighted by atomic mass is 9.99. The van der Waals surface area contributed by atoms with Crippen LogP contribution in [0.5, 0.6) is 5.75 Å². The number of amides is 1. The Hall–Kier alpha value is -2.74. The third kappa shape index (κ3) is 5.00. The van der Waals surface area contributed by atoms with Crippen LogP contribution >= 0.6 is 0 Å². The summed E-state index contributed by atoms with van der Waals surface area (Å²) in [6, 6.07) is 9.38. The van der Waals surface area contributed by atoms with Crippen LogP contribution in [0.3, 0.4) is 0 Å². The first-order valence-corrected chi connectivity index (χ1v) is 10.1. The summed E-state index contributed by atoms with van der Waals surface area (Å²) in [7, 11) is 0. The van der Waals surface area contributed by atoms with Gasteiger partial charge in [-0.3, -0.25) is 4.90 Å². The fourth-order valence-corrected chi connectivity index (χ4v) is 4.42. The minimum atomic E-state index is -0.857. The van der Waals surface area contributed by atoms with Crippen LogP contribution in [0.1, 0.15) is 38.2 Å². The molecule has 1 aromatic carbocycles. The molecule has 4 unspecified atom stereocenters. The second-order valence-corrected chi connectivity index (χ2v) is 7.66. The van der Waals surface area contributed by atoms with Crippen molar-refractivity contribution < 1.29 is 14.6 Å². The predicted octanol–water partition coefficient (Wildman–Crippen LogP) is 2.26. The van der Waals surface area contributed by atoms with Crippen molar-refractivity contribution in [3.8, 4) is 23.7 Å². The molecule has 29 heavy (non-hydrogen) atoms. The average molecular weight is 396 g/mol. The van der Waals surface area contributed by atoms with Gasteiger partial charge in [-0.05, 0) is 50.5 Å². The van der Waals surface area contributed by atoms with E-state index in [1.807, 2.05) is 0 Å². The number of hydrogen-bond donors (Lipinski definition) is 2. The van der Waals surface area contributed by atoms with Gasteiger partial charge in [-0.15, -0.1) is 11.8 Å². The molecule has 0 aromatic heterocycles. The van der Waals surface area contributed by atoms with Crippen molar-refractivity contribution in [3.05, 3.63) is 29.8 Å². The van der Waals surface area contributed by atoms with Crippen LogP contribution in [-0.2, 0) is 0 Å². The summed E-state index contributed by atoms with van der Waals surface area (Å²) in [6.45, 7) is 3.54. The SMILES string of the molecule is CC#CCC1C2CCC(CN1C(=O)O)N2CC(N)CCOc1ccc(C#N)cc1. The Labute approximate surface area is 172 Å². The fraction of sp³-hybridized carbons (Fsp3) is 0.545. The molecule has 3 rings (SSSR count). The van der Waals surface area contributed by atoms with Gasteiger partial charge in [0.25, 0.3) is 0 Å². The summed E-state index contributed by atoms with van der Waals surface area (Å²) in [5, 5.41) is 18.4. The smallest absolute Gasteiger partial charge is 0.407 e. The van der Waals surface area contributed by atoms with E-state index in [1.165, 1.54) is 0 Å². The highest BCUT2D eigenvalue weighted by atomic mass is 16.5. The molecule has 2 fully saturated rings. The molecule has 154 valence electrons. The van der Waals surface area contributed by atoms with E-state index in [0.29, 0.717) is 31.6 Å². The van der Waals surface area contributed by atoms with Gasteiger partial charge < -0.3 is 20.5 Å². The van der Waals surface area contributed by atoms with Gasteiger partial charge in [0.1, 0.15) is 5.75 Å². The first-order chi connectivity index (χ1) is 14.0. The van der Waals surface area contributed by atoms with E-state index in [-0.39, 0.29) is 24.2 Å².